The predicted octanol–water partition coefficient (Wildman–Crippen LogP) is 2.20. The highest BCUT2D eigenvalue weighted by Gasteiger charge is 2.12. The van der Waals surface area contributed by atoms with Gasteiger partial charge in [-0.1, -0.05) is 19.9 Å². The summed E-state index contributed by atoms with van der Waals surface area (Å²) in [7, 11) is 0. The van der Waals surface area contributed by atoms with Gasteiger partial charge in [0.25, 0.3) is 0 Å². The van der Waals surface area contributed by atoms with Crippen molar-refractivity contribution < 1.29 is 9.47 Å². The van der Waals surface area contributed by atoms with E-state index in [0.29, 0.717) is 12.7 Å². The summed E-state index contributed by atoms with van der Waals surface area (Å²) < 4.78 is 10.6. The van der Waals surface area contributed by atoms with E-state index in [9.17, 15) is 0 Å². The van der Waals surface area contributed by atoms with Crippen LogP contribution in [-0.4, -0.2) is 19.9 Å². The molecule has 0 spiro atoms. The van der Waals surface area contributed by atoms with E-state index in [-0.39, 0.29) is 0 Å². The van der Waals surface area contributed by atoms with Gasteiger partial charge >= 0.3 is 0 Å². The quantitative estimate of drug-likeness (QED) is 0.773. The predicted molar refractivity (Wildman–Crippen MR) is 64.0 cm³/mol. The molecule has 0 bridgehead atoms. The van der Waals surface area contributed by atoms with Crippen LogP contribution in [0.4, 0.5) is 0 Å². The Balaban J connectivity index is 1.81. The van der Waals surface area contributed by atoms with Crippen LogP contribution < -0.4 is 14.8 Å². The van der Waals surface area contributed by atoms with Gasteiger partial charge in [-0.25, -0.2) is 0 Å². The van der Waals surface area contributed by atoms with Gasteiger partial charge in [-0.2, -0.15) is 0 Å². The van der Waals surface area contributed by atoms with Crippen LogP contribution in [0, 0.1) is 5.92 Å². The molecule has 1 aromatic carbocycles. The molecule has 1 heterocycles. The first-order chi connectivity index (χ1) is 7.75. The standard InChI is InChI=1S/C13H19NO2/c1-10(2)8-14-6-5-11-3-4-12-13(7-11)16-9-15-12/h3-4,7,10,14H,5-6,8-9H2,1-2H3. The SMILES string of the molecule is CC(C)CNCCc1ccc2c(c1)OCO2. The summed E-state index contributed by atoms with van der Waals surface area (Å²) in [4.78, 5) is 0. The number of hydrogen-bond acceptors (Lipinski definition) is 3. The molecule has 1 aliphatic heterocycles. The summed E-state index contributed by atoms with van der Waals surface area (Å²) >= 11 is 0. The van der Waals surface area contributed by atoms with Gasteiger partial charge in [0, 0.05) is 0 Å². The van der Waals surface area contributed by atoms with E-state index in [4.69, 9.17) is 9.47 Å². The molecule has 0 fully saturated rings. The molecular formula is C13H19NO2. The summed E-state index contributed by atoms with van der Waals surface area (Å²) in [5, 5.41) is 3.43. The zero-order chi connectivity index (χ0) is 11.4. The Morgan fingerprint density at radius 2 is 2.06 bits per heavy atom. The molecule has 3 nitrogen and oxygen atoms in total. The molecule has 16 heavy (non-hydrogen) atoms. The number of fused-ring (bicyclic) bond motifs is 1. The van der Waals surface area contributed by atoms with E-state index in [0.717, 1.165) is 31.0 Å². The lowest BCUT2D eigenvalue weighted by atomic mass is 10.1. The zero-order valence-electron chi connectivity index (χ0n) is 9.95. The van der Waals surface area contributed by atoms with Gasteiger partial charge in [0.15, 0.2) is 11.5 Å². The lowest BCUT2D eigenvalue weighted by Crippen LogP contribution is -2.22. The molecule has 1 aromatic rings. The molecule has 0 saturated carbocycles. The lowest BCUT2D eigenvalue weighted by Gasteiger charge is -2.07. The van der Waals surface area contributed by atoms with Gasteiger partial charge in [0.1, 0.15) is 0 Å². The minimum atomic E-state index is 0.352. The van der Waals surface area contributed by atoms with Crippen molar-refractivity contribution in [3.8, 4) is 11.5 Å². The fraction of sp³-hybridized carbons (Fsp3) is 0.538. The van der Waals surface area contributed by atoms with Gasteiger partial charge in [-0.3, -0.25) is 0 Å². The molecular weight excluding hydrogens is 202 g/mol. The maximum absolute atomic E-state index is 5.34. The maximum Gasteiger partial charge on any atom is 0.231 e. The zero-order valence-corrected chi connectivity index (χ0v) is 9.95. The van der Waals surface area contributed by atoms with Crippen molar-refractivity contribution in [1.29, 1.82) is 0 Å². The molecule has 0 aliphatic carbocycles. The van der Waals surface area contributed by atoms with Gasteiger partial charge in [0.2, 0.25) is 6.79 Å². The Labute approximate surface area is 96.8 Å². The van der Waals surface area contributed by atoms with E-state index in [1.807, 2.05) is 6.07 Å². The Morgan fingerprint density at radius 1 is 1.25 bits per heavy atom. The summed E-state index contributed by atoms with van der Waals surface area (Å²) in [5.41, 5.74) is 1.29. The second-order valence-electron chi connectivity index (χ2n) is 4.54. The smallest absolute Gasteiger partial charge is 0.231 e. The summed E-state index contributed by atoms with van der Waals surface area (Å²) in [6.45, 7) is 6.87. The van der Waals surface area contributed by atoms with Crippen molar-refractivity contribution in [2.24, 2.45) is 5.92 Å². The largest absolute Gasteiger partial charge is 0.454 e. The van der Waals surface area contributed by atoms with E-state index < -0.39 is 0 Å². The Kier molecular flexibility index (Phi) is 3.67. The van der Waals surface area contributed by atoms with Crippen molar-refractivity contribution in [1.82, 2.24) is 5.32 Å². The Hall–Kier alpha value is -1.22. The summed E-state index contributed by atoms with van der Waals surface area (Å²) in [5.74, 6) is 2.44. The molecule has 0 saturated heterocycles. The van der Waals surface area contributed by atoms with E-state index in [1.54, 1.807) is 0 Å². The number of rotatable bonds is 5. The molecule has 0 aromatic heterocycles. The fourth-order valence-corrected chi connectivity index (χ4v) is 1.72. The van der Waals surface area contributed by atoms with Crippen molar-refractivity contribution >= 4 is 0 Å². The maximum atomic E-state index is 5.34. The Bertz CT molecular complexity index is 350. The van der Waals surface area contributed by atoms with E-state index >= 15 is 0 Å². The third kappa shape index (κ3) is 2.89. The molecule has 88 valence electrons. The number of ether oxygens (including phenoxy) is 2. The molecule has 0 unspecified atom stereocenters. The molecule has 0 radical (unpaired) electrons. The molecule has 2 rings (SSSR count). The van der Waals surface area contributed by atoms with Crippen molar-refractivity contribution in [3.05, 3.63) is 23.8 Å². The third-order valence-electron chi connectivity index (χ3n) is 2.58. The highest BCUT2D eigenvalue weighted by atomic mass is 16.7. The highest BCUT2D eigenvalue weighted by molar-refractivity contribution is 5.44. The van der Waals surface area contributed by atoms with E-state index in [1.165, 1.54) is 5.56 Å². The van der Waals surface area contributed by atoms with Crippen molar-refractivity contribution in [2.75, 3.05) is 19.9 Å². The molecule has 0 amide bonds. The average molecular weight is 221 g/mol. The van der Waals surface area contributed by atoms with Crippen LogP contribution in [0.25, 0.3) is 0 Å². The molecule has 0 atom stereocenters. The molecule has 1 N–H and O–H groups in total. The normalized spacial score (nSPS) is 13.4. The highest BCUT2D eigenvalue weighted by Crippen LogP contribution is 2.32. The van der Waals surface area contributed by atoms with Gasteiger partial charge in [-0.15, -0.1) is 0 Å². The van der Waals surface area contributed by atoms with Crippen LogP contribution in [0.1, 0.15) is 19.4 Å². The van der Waals surface area contributed by atoms with E-state index in [2.05, 4.69) is 31.3 Å². The van der Waals surface area contributed by atoms with Crippen LogP contribution in [0.15, 0.2) is 18.2 Å². The van der Waals surface area contributed by atoms with Crippen LogP contribution in [0.5, 0.6) is 11.5 Å². The Morgan fingerprint density at radius 3 is 2.88 bits per heavy atom. The number of nitrogens with one attached hydrogen (secondary N) is 1. The second kappa shape index (κ2) is 5.21. The lowest BCUT2D eigenvalue weighted by molar-refractivity contribution is 0.174. The first kappa shape index (κ1) is 11.3. The number of hydrogen-bond donors (Lipinski definition) is 1. The minimum Gasteiger partial charge on any atom is -0.454 e. The van der Waals surface area contributed by atoms with Gasteiger partial charge < -0.3 is 14.8 Å². The van der Waals surface area contributed by atoms with Crippen LogP contribution in [-0.2, 0) is 6.42 Å². The molecule has 3 heteroatoms. The topological polar surface area (TPSA) is 30.5 Å². The minimum absolute atomic E-state index is 0.352. The summed E-state index contributed by atoms with van der Waals surface area (Å²) in [6.07, 6.45) is 1.03. The monoisotopic (exact) mass is 221 g/mol. The van der Waals surface area contributed by atoms with Crippen molar-refractivity contribution in [3.63, 3.8) is 0 Å². The summed E-state index contributed by atoms with van der Waals surface area (Å²) in [6, 6.07) is 6.16. The van der Waals surface area contributed by atoms with Crippen LogP contribution in [0.3, 0.4) is 0 Å². The van der Waals surface area contributed by atoms with Gasteiger partial charge in [-0.05, 0) is 43.1 Å². The average Bonchev–Trinajstić information content (AvgIpc) is 2.71. The first-order valence-electron chi connectivity index (χ1n) is 5.85. The van der Waals surface area contributed by atoms with Crippen LogP contribution in [0.2, 0.25) is 0 Å². The second-order valence-corrected chi connectivity index (χ2v) is 4.54. The van der Waals surface area contributed by atoms with Crippen molar-refractivity contribution in [2.45, 2.75) is 20.3 Å². The first-order valence-corrected chi connectivity index (χ1v) is 5.85. The fourth-order valence-electron chi connectivity index (χ4n) is 1.72. The van der Waals surface area contributed by atoms with Gasteiger partial charge in [0.05, 0.1) is 0 Å². The third-order valence-corrected chi connectivity index (χ3v) is 2.58. The van der Waals surface area contributed by atoms with Crippen LogP contribution >= 0.6 is 0 Å². The molecule has 1 aliphatic rings. The number of benzene rings is 1.